The van der Waals surface area contributed by atoms with Crippen LogP contribution in [0, 0.1) is 6.92 Å². The number of benzene rings is 2. The van der Waals surface area contributed by atoms with Gasteiger partial charge in [0.05, 0.1) is 26.4 Å². The second kappa shape index (κ2) is 8.17. The number of hydrogen-bond acceptors (Lipinski definition) is 8. The number of hydrogen-bond donors (Lipinski definition) is 2. The molecule has 0 saturated carbocycles. The fourth-order valence-corrected chi connectivity index (χ4v) is 3.25. The third kappa shape index (κ3) is 3.62. The lowest BCUT2D eigenvalue weighted by molar-refractivity contribution is 0.254. The monoisotopic (exact) mass is 409 g/mol. The van der Waals surface area contributed by atoms with E-state index >= 15 is 0 Å². The van der Waals surface area contributed by atoms with Crippen LogP contribution in [0.3, 0.4) is 0 Å². The van der Waals surface area contributed by atoms with Crippen LogP contribution in [0.25, 0.3) is 33.8 Å². The lowest BCUT2D eigenvalue weighted by Crippen LogP contribution is -2.13. The van der Waals surface area contributed by atoms with Gasteiger partial charge in [0.2, 0.25) is 5.82 Å². The fourth-order valence-electron chi connectivity index (χ4n) is 3.25. The number of furan rings is 1. The van der Waals surface area contributed by atoms with E-state index in [0.29, 0.717) is 41.2 Å². The van der Waals surface area contributed by atoms with Crippen LogP contribution in [0.4, 0.5) is 0 Å². The smallest absolute Gasteiger partial charge is 0.258 e. The highest BCUT2D eigenvalue weighted by Crippen LogP contribution is 2.34. The van der Waals surface area contributed by atoms with Gasteiger partial charge in [-0.05, 0) is 55.8 Å². The summed E-state index contributed by atoms with van der Waals surface area (Å²) in [6, 6.07) is 10.5. The Morgan fingerprint density at radius 3 is 2.73 bits per heavy atom. The molecule has 2 aromatic carbocycles. The summed E-state index contributed by atoms with van der Waals surface area (Å²) in [5, 5.41) is 14.3. The van der Waals surface area contributed by atoms with Gasteiger partial charge >= 0.3 is 0 Å². The number of nitrogens with zero attached hydrogens (tertiary/aromatic N) is 2. The van der Waals surface area contributed by atoms with Gasteiger partial charge in [0, 0.05) is 16.5 Å². The normalized spacial score (nSPS) is 12.3. The molecule has 0 aliphatic heterocycles. The number of aliphatic hydroxyl groups excluding tert-OH is 1. The second-order valence-corrected chi connectivity index (χ2v) is 6.86. The molecule has 3 N–H and O–H groups in total. The lowest BCUT2D eigenvalue weighted by atomic mass is 10.1. The zero-order chi connectivity index (χ0) is 21.3. The van der Waals surface area contributed by atoms with Crippen molar-refractivity contribution in [1.29, 1.82) is 0 Å². The molecule has 0 fully saturated rings. The highest BCUT2D eigenvalue weighted by Gasteiger charge is 2.18. The van der Waals surface area contributed by atoms with Crippen LogP contribution in [-0.2, 0) is 0 Å². The number of fused-ring (bicyclic) bond motifs is 1. The maximum Gasteiger partial charge on any atom is 0.258 e. The number of aliphatic hydroxyl groups is 1. The van der Waals surface area contributed by atoms with Crippen molar-refractivity contribution >= 4 is 11.0 Å². The molecule has 0 aliphatic carbocycles. The number of ether oxygens (including phenoxy) is 2. The summed E-state index contributed by atoms with van der Waals surface area (Å²) in [6.45, 7) is 4.21. The first-order valence-corrected chi connectivity index (χ1v) is 9.59. The standard InChI is InChI=1S/C22H23N3O5/c1-4-28-17-6-5-13(9-20(17)27-3)22-24-21(25-30-22)15-8-14-10-19(16(23)11-26)29-18(14)7-12(15)2/h5-10,16,26H,4,11,23H2,1-3H3. The van der Waals surface area contributed by atoms with E-state index in [1.807, 2.05) is 44.2 Å². The van der Waals surface area contributed by atoms with Crippen LogP contribution in [-0.4, -0.2) is 35.6 Å². The second-order valence-electron chi connectivity index (χ2n) is 6.86. The van der Waals surface area contributed by atoms with Gasteiger partial charge in [0.1, 0.15) is 11.3 Å². The predicted molar refractivity (Wildman–Crippen MR) is 111 cm³/mol. The summed E-state index contributed by atoms with van der Waals surface area (Å²) in [5.41, 5.74) is 9.03. The minimum absolute atomic E-state index is 0.189. The van der Waals surface area contributed by atoms with Gasteiger partial charge in [-0.3, -0.25) is 0 Å². The molecule has 4 aromatic rings. The van der Waals surface area contributed by atoms with Gasteiger partial charge in [0.15, 0.2) is 11.5 Å². The summed E-state index contributed by atoms with van der Waals surface area (Å²) in [6.07, 6.45) is 0. The lowest BCUT2D eigenvalue weighted by Gasteiger charge is -2.09. The van der Waals surface area contributed by atoms with E-state index in [2.05, 4.69) is 10.1 Å². The Morgan fingerprint density at radius 1 is 1.17 bits per heavy atom. The largest absolute Gasteiger partial charge is 0.493 e. The van der Waals surface area contributed by atoms with Gasteiger partial charge in [-0.1, -0.05) is 5.16 Å². The quantitative estimate of drug-likeness (QED) is 0.473. The van der Waals surface area contributed by atoms with Crippen molar-refractivity contribution in [3.05, 3.63) is 47.7 Å². The van der Waals surface area contributed by atoms with E-state index in [9.17, 15) is 5.11 Å². The van der Waals surface area contributed by atoms with E-state index < -0.39 is 6.04 Å². The first-order chi connectivity index (χ1) is 14.5. The Kier molecular flexibility index (Phi) is 5.43. The molecule has 1 unspecified atom stereocenters. The minimum Gasteiger partial charge on any atom is -0.493 e. The van der Waals surface area contributed by atoms with Gasteiger partial charge in [0.25, 0.3) is 5.89 Å². The van der Waals surface area contributed by atoms with Crippen molar-refractivity contribution in [2.45, 2.75) is 19.9 Å². The highest BCUT2D eigenvalue weighted by atomic mass is 16.5. The summed E-state index contributed by atoms with van der Waals surface area (Å²) < 4.78 is 22.2. The van der Waals surface area contributed by atoms with Crippen LogP contribution < -0.4 is 15.2 Å². The summed E-state index contributed by atoms with van der Waals surface area (Å²) in [5.74, 6) is 2.62. The molecule has 0 saturated heterocycles. The topological polar surface area (TPSA) is 117 Å². The molecular weight excluding hydrogens is 386 g/mol. The molecule has 2 heterocycles. The third-order valence-corrected chi connectivity index (χ3v) is 4.82. The average molecular weight is 409 g/mol. The number of rotatable bonds is 7. The van der Waals surface area contributed by atoms with Gasteiger partial charge < -0.3 is 29.3 Å². The third-order valence-electron chi connectivity index (χ3n) is 4.82. The SMILES string of the molecule is CCOc1ccc(-c2nc(-c3cc4cc(C(N)CO)oc4cc3C)no2)cc1OC. The maximum atomic E-state index is 9.26. The van der Waals surface area contributed by atoms with Crippen LogP contribution in [0.5, 0.6) is 11.5 Å². The van der Waals surface area contributed by atoms with Gasteiger partial charge in [-0.2, -0.15) is 4.98 Å². The molecular formula is C22H23N3O5. The van der Waals surface area contributed by atoms with Crippen LogP contribution in [0.15, 0.2) is 45.3 Å². The van der Waals surface area contributed by atoms with Gasteiger partial charge in [-0.25, -0.2) is 0 Å². The Balaban J connectivity index is 1.70. The molecule has 0 bridgehead atoms. The van der Waals surface area contributed by atoms with Crippen LogP contribution in [0.2, 0.25) is 0 Å². The van der Waals surface area contributed by atoms with Crippen molar-refractivity contribution in [3.8, 4) is 34.3 Å². The predicted octanol–water partition coefficient (Wildman–Crippen LogP) is 3.86. The van der Waals surface area contributed by atoms with E-state index in [-0.39, 0.29) is 6.61 Å². The van der Waals surface area contributed by atoms with E-state index in [4.69, 9.17) is 24.1 Å². The molecule has 0 aliphatic rings. The highest BCUT2D eigenvalue weighted by molar-refractivity contribution is 5.85. The van der Waals surface area contributed by atoms with Crippen molar-refractivity contribution in [2.24, 2.45) is 5.73 Å². The van der Waals surface area contributed by atoms with Crippen LogP contribution >= 0.6 is 0 Å². The molecule has 30 heavy (non-hydrogen) atoms. The Hall–Kier alpha value is -3.36. The Morgan fingerprint density at radius 2 is 2.00 bits per heavy atom. The summed E-state index contributed by atoms with van der Waals surface area (Å²) in [4.78, 5) is 4.56. The number of aromatic nitrogens is 2. The summed E-state index contributed by atoms with van der Waals surface area (Å²) in [7, 11) is 1.58. The van der Waals surface area contributed by atoms with E-state index in [0.717, 1.165) is 22.1 Å². The minimum atomic E-state index is -0.562. The van der Waals surface area contributed by atoms with Crippen molar-refractivity contribution in [1.82, 2.24) is 10.1 Å². The number of aryl methyl sites for hydroxylation is 1. The molecule has 156 valence electrons. The average Bonchev–Trinajstić information content (AvgIpc) is 3.40. The maximum absolute atomic E-state index is 9.26. The van der Waals surface area contributed by atoms with Crippen molar-refractivity contribution in [2.75, 3.05) is 20.3 Å². The first kappa shape index (κ1) is 19.9. The zero-order valence-corrected chi connectivity index (χ0v) is 17.0. The molecule has 0 amide bonds. The molecule has 8 heteroatoms. The molecule has 2 aromatic heterocycles. The number of methoxy groups -OCH3 is 1. The van der Waals surface area contributed by atoms with E-state index in [1.165, 1.54) is 0 Å². The number of nitrogens with two attached hydrogens (primary N) is 1. The zero-order valence-electron chi connectivity index (χ0n) is 17.0. The molecule has 8 nitrogen and oxygen atoms in total. The molecule has 0 radical (unpaired) electrons. The first-order valence-electron chi connectivity index (χ1n) is 9.59. The molecule has 1 atom stereocenters. The van der Waals surface area contributed by atoms with Crippen LogP contribution in [0.1, 0.15) is 24.3 Å². The van der Waals surface area contributed by atoms with Gasteiger partial charge in [-0.15, -0.1) is 0 Å². The van der Waals surface area contributed by atoms with Crippen molar-refractivity contribution in [3.63, 3.8) is 0 Å². The summed E-state index contributed by atoms with van der Waals surface area (Å²) >= 11 is 0. The van der Waals surface area contributed by atoms with E-state index in [1.54, 1.807) is 13.2 Å². The molecule has 4 rings (SSSR count). The Bertz CT molecular complexity index is 1180. The van der Waals surface area contributed by atoms with Crippen molar-refractivity contribution < 1.29 is 23.5 Å². The molecule has 0 spiro atoms. The fraction of sp³-hybridized carbons (Fsp3) is 0.273. The Labute approximate surface area is 173 Å².